The number of methoxy groups -OCH3 is 1. The molecule has 5 nitrogen and oxygen atoms in total. The Morgan fingerprint density at radius 3 is 2.71 bits per heavy atom. The van der Waals surface area contributed by atoms with Gasteiger partial charge >= 0.3 is 6.16 Å². The van der Waals surface area contributed by atoms with Crippen molar-refractivity contribution in [2.45, 2.75) is 82.5 Å². The van der Waals surface area contributed by atoms with Crippen LogP contribution >= 0.6 is 0 Å². The lowest BCUT2D eigenvalue weighted by Crippen LogP contribution is -2.35. The summed E-state index contributed by atoms with van der Waals surface area (Å²) in [6.07, 6.45) is 10.3. The van der Waals surface area contributed by atoms with Crippen molar-refractivity contribution in [2.24, 2.45) is 0 Å². The van der Waals surface area contributed by atoms with Gasteiger partial charge in [-0.15, -0.1) is 0 Å². The SMILES string of the molecule is COC(=O)OC1(C#CCCCCOC2CCCCO2)CCCCC1. The van der Waals surface area contributed by atoms with Gasteiger partial charge in [-0.05, 0) is 57.8 Å². The van der Waals surface area contributed by atoms with Gasteiger partial charge in [-0.25, -0.2) is 4.79 Å². The van der Waals surface area contributed by atoms with Crippen LogP contribution < -0.4 is 0 Å². The van der Waals surface area contributed by atoms with Gasteiger partial charge in [0.1, 0.15) is 0 Å². The normalized spacial score (nSPS) is 23.0. The molecule has 0 aromatic heterocycles. The second kappa shape index (κ2) is 10.6. The molecule has 2 aliphatic rings. The molecule has 0 radical (unpaired) electrons. The first-order chi connectivity index (χ1) is 11.7. The molecule has 0 spiro atoms. The number of hydrogen-bond donors (Lipinski definition) is 0. The molecule has 0 amide bonds. The van der Waals surface area contributed by atoms with Crippen LogP contribution in [0.4, 0.5) is 4.79 Å². The monoisotopic (exact) mass is 338 g/mol. The molecule has 1 aliphatic heterocycles. The van der Waals surface area contributed by atoms with E-state index in [1.165, 1.54) is 20.0 Å². The topological polar surface area (TPSA) is 54.0 Å². The number of rotatable bonds is 6. The average Bonchev–Trinajstić information content (AvgIpc) is 2.62. The van der Waals surface area contributed by atoms with Crippen molar-refractivity contribution in [1.82, 2.24) is 0 Å². The molecule has 1 saturated heterocycles. The first-order valence-corrected chi connectivity index (χ1v) is 9.24. The van der Waals surface area contributed by atoms with Crippen LogP contribution in [-0.2, 0) is 18.9 Å². The van der Waals surface area contributed by atoms with E-state index >= 15 is 0 Å². The maximum absolute atomic E-state index is 11.5. The number of hydrogen-bond acceptors (Lipinski definition) is 5. The summed E-state index contributed by atoms with van der Waals surface area (Å²) in [7, 11) is 1.34. The molecule has 0 bridgehead atoms. The van der Waals surface area contributed by atoms with Gasteiger partial charge in [0.15, 0.2) is 11.9 Å². The van der Waals surface area contributed by atoms with Crippen LogP contribution in [-0.4, -0.2) is 38.4 Å². The lowest BCUT2D eigenvalue weighted by molar-refractivity contribution is -0.162. The molecular formula is C19H30O5. The summed E-state index contributed by atoms with van der Waals surface area (Å²) in [5.41, 5.74) is -0.641. The number of unbranched alkanes of at least 4 members (excludes halogenated alkanes) is 2. The molecule has 2 rings (SSSR count). The molecule has 0 N–H and O–H groups in total. The third-order valence-electron chi connectivity index (χ3n) is 4.56. The van der Waals surface area contributed by atoms with Gasteiger partial charge in [0.25, 0.3) is 0 Å². The molecule has 1 aliphatic carbocycles. The minimum absolute atomic E-state index is 0.0104. The molecule has 1 heterocycles. The predicted octanol–water partition coefficient (Wildman–Crippen LogP) is 4.19. The first-order valence-electron chi connectivity index (χ1n) is 9.24. The Hall–Kier alpha value is -1.25. The van der Waals surface area contributed by atoms with Crippen LogP contribution in [0, 0.1) is 11.8 Å². The smallest absolute Gasteiger partial charge is 0.438 e. The van der Waals surface area contributed by atoms with E-state index in [0.717, 1.165) is 71.0 Å². The average molecular weight is 338 g/mol. The molecule has 2 fully saturated rings. The summed E-state index contributed by atoms with van der Waals surface area (Å²) in [5, 5.41) is 0. The second-order valence-electron chi connectivity index (χ2n) is 6.54. The standard InChI is InChI=1S/C19H30O5/c1-21-18(20)24-19(13-7-4-8-14-19)12-6-2-3-9-15-22-17-11-5-10-16-23-17/h17H,2-5,7-11,13-16H2,1H3. The predicted molar refractivity (Wildman–Crippen MR) is 90.5 cm³/mol. The zero-order chi connectivity index (χ0) is 17.1. The lowest BCUT2D eigenvalue weighted by atomic mass is 9.85. The fraction of sp³-hybridized carbons (Fsp3) is 0.842. The third kappa shape index (κ3) is 6.70. The zero-order valence-corrected chi connectivity index (χ0v) is 14.8. The Bertz CT molecular complexity index is 425. The number of carbonyl (C=O) groups is 1. The van der Waals surface area contributed by atoms with Crippen LogP contribution in [0.25, 0.3) is 0 Å². The van der Waals surface area contributed by atoms with Crippen LogP contribution in [0.2, 0.25) is 0 Å². The van der Waals surface area contributed by atoms with Crippen molar-refractivity contribution >= 4 is 6.16 Å². The number of ether oxygens (including phenoxy) is 4. The van der Waals surface area contributed by atoms with Gasteiger partial charge in [0.2, 0.25) is 0 Å². The van der Waals surface area contributed by atoms with Gasteiger partial charge < -0.3 is 18.9 Å². The van der Waals surface area contributed by atoms with E-state index < -0.39 is 11.8 Å². The number of carbonyl (C=O) groups excluding carboxylic acids is 1. The highest BCUT2D eigenvalue weighted by molar-refractivity contribution is 5.61. The second-order valence-corrected chi connectivity index (χ2v) is 6.54. The maximum Gasteiger partial charge on any atom is 0.509 e. The van der Waals surface area contributed by atoms with E-state index in [1.54, 1.807) is 0 Å². The highest BCUT2D eigenvalue weighted by atomic mass is 16.7. The van der Waals surface area contributed by atoms with E-state index in [1.807, 2.05) is 0 Å². The van der Waals surface area contributed by atoms with Gasteiger partial charge in [0, 0.05) is 19.6 Å². The molecule has 1 atom stereocenters. The first kappa shape index (κ1) is 19.1. The van der Waals surface area contributed by atoms with Gasteiger partial charge in [0.05, 0.1) is 7.11 Å². The Morgan fingerprint density at radius 2 is 2.00 bits per heavy atom. The molecule has 1 saturated carbocycles. The van der Waals surface area contributed by atoms with Crippen molar-refractivity contribution in [3.8, 4) is 11.8 Å². The van der Waals surface area contributed by atoms with Gasteiger partial charge in [-0.2, -0.15) is 0 Å². The van der Waals surface area contributed by atoms with Crippen LogP contribution in [0.15, 0.2) is 0 Å². The summed E-state index contributed by atoms with van der Waals surface area (Å²) in [4.78, 5) is 11.5. The molecule has 24 heavy (non-hydrogen) atoms. The quantitative estimate of drug-likeness (QED) is 0.413. The van der Waals surface area contributed by atoms with Crippen LogP contribution in [0.5, 0.6) is 0 Å². The summed E-state index contributed by atoms with van der Waals surface area (Å²) in [6, 6.07) is 0. The van der Waals surface area contributed by atoms with Crippen LogP contribution in [0.1, 0.15) is 70.6 Å². The summed E-state index contributed by atoms with van der Waals surface area (Å²) in [6.45, 7) is 1.54. The van der Waals surface area contributed by atoms with Crippen molar-refractivity contribution in [1.29, 1.82) is 0 Å². The fourth-order valence-electron chi connectivity index (χ4n) is 3.17. The molecular weight excluding hydrogens is 308 g/mol. The lowest BCUT2D eigenvalue weighted by Gasteiger charge is -2.31. The van der Waals surface area contributed by atoms with Crippen LogP contribution in [0.3, 0.4) is 0 Å². The molecule has 136 valence electrons. The van der Waals surface area contributed by atoms with E-state index in [4.69, 9.17) is 14.2 Å². The van der Waals surface area contributed by atoms with E-state index in [9.17, 15) is 4.79 Å². The third-order valence-corrected chi connectivity index (χ3v) is 4.56. The fourth-order valence-corrected chi connectivity index (χ4v) is 3.17. The Morgan fingerprint density at radius 1 is 1.17 bits per heavy atom. The summed E-state index contributed by atoms with van der Waals surface area (Å²) in [5.74, 6) is 6.40. The summed E-state index contributed by atoms with van der Waals surface area (Å²) < 4.78 is 21.3. The maximum atomic E-state index is 11.5. The summed E-state index contributed by atoms with van der Waals surface area (Å²) >= 11 is 0. The Labute approximate surface area is 145 Å². The van der Waals surface area contributed by atoms with Crippen molar-refractivity contribution in [3.63, 3.8) is 0 Å². The van der Waals surface area contributed by atoms with E-state index in [-0.39, 0.29) is 6.29 Å². The molecule has 1 unspecified atom stereocenters. The molecule has 5 heteroatoms. The largest absolute Gasteiger partial charge is 0.509 e. The molecule has 0 aromatic rings. The Balaban J connectivity index is 1.66. The Kier molecular flexibility index (Phi) is 8.41. The van der Waals surface area contributed by atoms with Gasteiger partial charge in [-0.1, -0.05) is 18.3 Å². The van der Waals surface area contributed by atoms with E-state index in [0.29, 0.717) is 0 Å². The van der Waals surface area contributed by atoms with E-state index in [2.05, 4.69) is 16.6 Å². The minimum atomic E-state index is -0.641. The van der Waals surface area contributed by atoms with Crippen molar-refractivity contribution in [3.05, 3.63) is 0 Å². The highest BCUT2D eigenvalue weighted by Gasteiger charge is 2.34. The zero-order valence-electron chi connectivity index (χ0n) is 14.8. The van der Waals surface area contributed by atoms with Crippen molar-refractivity contribution < 1.29 is 23.7 Å². The van der Waals surface area contributed by atoms with Crippen molar-refractivity contribution in [2.75, 3.05) is 20.3 Å². The van der Waals surface area contributed by atoms with Gasteiger partial charge in [-0.3, -0.25) is 0 Å². The highest BCUT2D eigenvalue weighted by Crippen LogP contribution is 2.31. The molecule has 0 aromatic carbocycles. The minimum Gasteiger partial charge on any atom is -0.438 e.